The normalized spacial score (nSPS) is 24.2. The Bertz CT molecular complexity index is 177. The summed E-state index contributed by atoms with van der Waals surface area (Å²) in [5.41, 5.74) is 0. The Kier molecular flexibility index (Phi) is 3.43. The van der Waals surface area contributed by atoms with Gasteiger partial charge in [0.25, 0.3) is 0 Å². The number of carbonyl (C=O) groups excluding carboxylic acids is 1. The molecule has 0 bridgehead atoms. The number of nitrogens with zero attached hydrogens (tertiary/aromatic N) is 1. The van der Waals surface area contributed by atoms with E-state index in [2.05, 4.69) is 15.9 Å². The second-order valence-electron chi connectivity index (χ2n) is 2.76. The Hall–Kier alpha value is -0.190. The van der Waals surface area contributed by atoms with E-state index in [4.69, 9.17) is 0 Å². The highest BCUT2D eigenvalue weighted by Crippen LogP contribution is 2.18. The third-order valence-electron chi connectivity index (χ3n) is 1.85. The Balaban J connectivity index is 2.30. The predicted octanol–water partition coefficient (Wildman–Crippen LogP) is 1.64. The van der Waals surface area contributed by atoms with E-state index in [1.165, 1.54) is 4.90 Å². The van der Waals surface area contributed by atoms with Crippen LogP contribution >= 0.6 is 15.9 Å². The van der Waals surface area contributed by atoms with Gasteiger partial charge in [-0.15, -0.1) is 0 Å². The molecule has 1 unspecified atom stereocenters. The average molecular weight is 242 g/mol. The summed E-state index contributed by atoms with van der Waals surface area (Å²) < 4.78 is 23.5. The molecule has 0 radical (unpaired) electrons. The van der Waals surface area contributed by atoms with Crippen LogP contribution in [0.5, 0.6) is 0 Å². The first-order valence-electron chi connectivity index (χ1n) is 3.82. The second kappa shape index (κ2) is 4.16. The van der Waals surface area contributed by atoms with Crippen molar-refractivity contribution >= 4 is 21.8 Å². The molecular formula is C7H10BrF2NO. The first-order chi connectivity index (χ1) is 5.61. The molecule has 1 saturated heterocycles. The van der Waals surface area contributed by atoms with E-state index in [-0.39, 0.29) is 23.7 Å². The van der Waals surface area contributed by atoms with Crippen molar-refractivity contribution < 1.29 is 13.6 Å². The fraction of sp³-hybridized carbons (Fsp3) is 0.857. The largest absolute Gasteiger partial charge is 0.341 e. The number of hydrogen-bond acceptors (Lipinski definition) is 1. The summed E-state index contributed by atoms with van der Waals surface area (Å²) in [6.07, 6.45) is -1.81. The Morgan fingerprint density at radius 2 is 2.33 bits per heavy atom. The van der Waals surface area contributed by atoms with E-state index in [9.17, 15) is 13.6 Å². The lowest BCUT2D eigenvalue weighted by atomic mass is 10.4. The predicted molar refractivity (Wildman–Crippen MR) is 44.5 cm³/mol. The fourth-order valence-electron chi connectivity index (χ4n) is 1.18. The summed E-state index contributed by atoms with van der Waals surface area (Å²) in [5.74, 6) is -0.0596. The minimum absolute atomic E-state index is 0.0596. The van der Waals surface area contributed by atoms with Gasteiger partial charge >= 0.3 is 0 Å². The van der Waals surface area contributed by atoms with Crippen LogP contribution in [0.25, 0.3) is 0 Å². The maximum Gasteiger partial charge on any atom is 0.240 e. The van der Waals surface area contributed by atoms with Crippen LogP contribution in [0, 0.1) is 0 Å². The van der Waals surface area contributed by atoms with Gasteiger partial charge in [-0.3, -0.25) is 4.79 Å². The second-order valence-corrected chi connectivity index (χ2v) is 3.87. The van der Waals surface area contributed by atoms with E-state index in [1.54, 1.807) is 0 Å². The molecule has 0 N–H and O–H groups in total. The van der Waals surface area contributed by atoms with Crippen molar-refractivity contribution in [3.8, 4) is 0 Å². The van der Waals surface area contributed by atoms with Crippen LogP contribution in [0.15, 0.2) is 0 Å². The molecule has 12 heavy (non-hydrogen) atoms. The summed E-state index contributed by atoms with van der Waals surface area (Å²) in [5, 5.41) is 0. The monoisotopic (exact) mass is 241 g/mol. The molecule has 0 aromatic carbocycles. The van der Waals surface area contributed by atoms with E-state index in [0.29, 0.717) is 6.54 Å². The van der Waals surface area contributed by atoms with Crippen LogP contribution in [0.1, 0.15) is 12.8 Å². The molecule has 2 nitrogen and oxygen atoms in total. The Morgan fingerprint density at radius 3 is 2.75 bits per heavy atom. The van der Waals surface area contributed by atoms with E-state index >= 15 is 0 Å². The highest BCUT2D eigenvalue weighted by Gasteiger charge is 2.29. The van der Waals surface area contributed by atoms with Crippen LogP contribution < -0.4 is 0 Å². The quantitative estimate of drug-likeness (QED) is 0.689. The van der Waals surface area contributed by atoms with Crippen LogP contribution in [0.2, 0.25) is 0 Å². The van der Waals surface area contributed by atoms with Gasteiger partial charge in [0.1, 0.15) is 0 Å². The third kappa shape index (κ3) is 2.40. The Morgan fingerprint density at radius 1 is 1.67 bits per heavy atom. The number of rotatable bonds is 3. The molecule has 5 heteroatoms. The SMILES string of the molecule is O=C1C(Br)CCN1CCC(F)F. The highest BCUT2D eigenvalue weighted by atomic mass is 79.9. The van der Waals surface area contributed by atoms with Gasteiger partial charge in [0, 0.05) is 19.5 Å². The van der Waals surface area contributed by atoms with Gasteiger partial charge in [0.2, 0.25) is 12.3 Å². The van der Waals surface area contributed by atoms with E-state index in [0.717, 1.165) is 6.42 Å². The van der Waals surface area contributed by atoms with Gasteiger partial charge in [-0.1, -0.05) is 15.9 Å². The Labute approximate surface area is 78.0 Å². The average Bonchev–Trinajstić information content (AvgIpc) is 2.30. The molecule has 1 amide bonds. The smallest absolute Gasteiger partial charge is 0.240 e. The molecule has 1 aliphatic heterocycles. The summed E-state index contributed by atoms with van der Waals surface area (Å²) in [6.45, 7) is 0.778. The zero-order valence-corrected chi connectivity index (χ0v) is 8.06. The van der Waals surface area contributed by atoms with Gasteiger partial charge < -0.3 is 4.90 Å². The molecule has 0 saturated carbocycles. The van der Waals surface area contributed by atoms with E-state index < -0.39 is 6.43 Å². The molecule has 0 aliphatic carbocycles. The topological polar surface area (TPSA) is 20.3 Å². The molecule has 1 atom stereocenters. The highest BCUT2D eigenvalue weighted by molar-refractivity contribution is 9.10. The number of amides is 1. The van der Waals surface area contributed by atoms with Gasteiger partial charge in [-0.25, -0.2) is 8.78 Å². The molecule has 1 rings (SSSR count). The van der Waals surface area contributed by atoms with Crippen molar-refractivity contribution in [2.75, 3.05) is 13.1 Å². The minimum Gasteiger partial charge on any atom is -0.341 e. The number of halogens is 3. The summed E-state index contributed by atoms with van der Waals surface area (Å²) >= 11 is 3.17. The van der Waals surface area contributed by atoms with Crippen molar-refractivity contribution in [3.05, 3.63) is 0 Å². The number of hydrogen-bond donors (Lipinski definition) is 0. The molecule has 1 aliphatic rings. The third-order valence-corrected chi connectivity index (χ3v) is 2.70. The summed E-state index contributed by atoms with van der Waals surface area (Å²) in [6, 6.07) is 0. The zero-order valence-electron chi connectivity index (χ0n) is 6.47. The zero-order chi connectivity index (χ0) is 9.14. The fourth-order valence-corrected chi connectivity index (χ4v) is 1.67. The van der Waals surface area contributed by atoms with Crippen molar-refractivity contribution in [1.82, 2.24) is 4.90 Å². The molecule has 0 aromatic heterocycles. The maximum atomic E-state index is 11.8. The number of likely N-dealkylation sites (tertiary alicyclic amines) is 1. The van der Waals surface area contributed by atoms with Gasteiger partial charge in [-0.2, -0.15) is 0 Å². The van der Waals surface area contributed by atoms with Crippen molar-refractivity contribution in [2.24, 2.45) is 0 Å². The van der Waals surface area contributed by atoms with Crippen LogP contribution in [0.4, 0.5) is 8.78 Å². The lowest BCUT2D eigenvalue weighted by Crippen LogP contribution is -2.29. The molecule has 1 fully saturated rings. The van der Waals surface area contributed by atoms with Crippen LogP contribution in [-0.2, 0) is 4.79 Å². The number of alkyl halides is 3. The molecule has 1 heterocycles. The van der Waals surface area contributed by atoms with E-state index in [1.807, 2.05) is 0 Å². The van der Waals surface area contributed by atoms with Crippen LogP contribution in [-0.4, -0.2) is 35.1 Å². The first-order valence-corrected chi connectivity index (χ1v) is 4.74. The molecule has 70 valence electrons. The molecule has 0 spiro atoms. The number of carbonyl (C=O) groups is 1. The standard InChI is InChI=1S/C7H10BrF2NO/c8-5-1-3-11(7(5)12)4-2-6(9)10/h5-6H,1-4H2. The van der Waals surface area contributed by atoms with Crippen molar-refractivity contribution in [3.63, 3.8) is 0 Å². The van der Waals surface area contributed by atoms with Crippen molar-refractivity contribution in [2.45, 2.75) is 24.1 Å². The van der Waals surface area contributed by atoms with Crippen LogP contribution in [0.3, 0.4) is 0 Å². The van der Waals surface area contributed by atoms with Gasteiger partial charge in [0.05, 0.1) is 4.83 Å². The molecule has 0 aromatic rings. The maximum absolute atomic E-state index is 11.8. The van der Waals surface area contributed by atoms with Crippen molar-refractivity contribution in [1.29, 1.82) is 0 Å². The summed E-state index contributed by atoms with van der Waals surface area (Å²) in [4.78, 5) is 12.5. The van der Waals surface area contributed by atoms with Gasteiger partial charge in [0.15, 0.2) is 0 Å². The lowest BCUT2D eigenvalue weighted by Gasteiger charge is -2.14. The van der Waals surface area contributed by atoms with Gasteiger partial charge in [-0.05, 0) is 6.42 Å². The first kappa shape index (κ1) is 9.89. The summed E-state index contributed by atoms with van der Waals surface area (Å²) in [7, 11) is 0. The minimum atomic E-state index is -2.31. The molecular weight excluding hydrogens is 232 g/mol. The lowest BCUT2D eigenvalue weighted by molar-refractivity contribution is -0.127.